The zero-order chi connectivity index (χ0) is 14.4. The van der Waals surface area contributed by atoms with Gasteiger partial charge in [-0.3, -0.25) is 0 Å². The molecule has 1 unspecified atom stereocenters. The van der Waals surface area contributed by atoms with Gasteiger partial charge in [0, 0.05) is 11.0 Å². The monoisotopic (exact) mass is 276 g/mol. The fourth-order valence-electron chi connectivity index (χ4n) is 2.27. The molecule has 0 amide bonds. The first-order chi connectivity index (χ1) is 8.69. The van der Waals surface area contributed by atoms with E-state index in [4.69, 9.17) is 4.89 Å². The van der Waals surface area contributed by atoms with E-state index < -0.39 is 23.4 Å². The van der Waals surface area contributed by atoms with E-state index in [9.17, 15) is 18.3 Å². The number of hydrogen-bond donors (Lipinski definition) is 1. The summed E-state index contributed by atoms with van der Waals surface area (Å²) in [7, 11) is 0. The SMILES string of the molecule is CCc1ccc(C(F)(F)F)c2c1C(C)(C)C(O)OO2. The molecular weight excluding hydrogens is 261 g/mol. The van der Waals surface area contributed by atoms with Crippen molar-refractivity contribution in [1.29, 1.82) is 0 Å². The quantitative estimate of drug-likeness (QED) is 0.801. The van der Waals surface area contributed by atoms with Gasteiger partial charge in [0.25, 0.3) is 0 Å². The summed E-state index contributed by atoms with van der Waals surface area (Å²) in [6, 6.07) is 2.40. The molecule has 19 heavy (non-hydrogen) atoms. The molecule has 6 heteroatoms. The number of fused-ring (bicyclic) bond motifs is 1. The molecule has 0 saturated carbocycles. The van der Waals surface area contributed by atoms with E-state index in [1.54, 1.807) is 13.8 Å². The number of rotatable bonds is 1. The van der Waals surface area contributed by atoms with E-state index in [0.717, 1.165) is 6.07 Å². The van der Waals surface area contributed by atoms with E-state index >= 15 is 0 Å². The maximum Gasteiger partial charge on any atom is 0.420 e. The highest BCUT2D eigenvalue weighted by molar-refractivity contribution is 5.52. The number of aliphatic hydroxyl groups excluding tert-OH is 1. The van der Waals surface area contributed by atoms with Crippen molar-refractivity contribution >= 4 is 0 Å². The molecule has 3 nitrogen and oxygen atoms in total. The first-order valence-electron chi connectivity index (χ1n) is 5.94. The van der Waals surface area contributed by atoms with Crippen LogP contribution in [0.3, 0.4) is 0 Å². The van der Waals surface area contributed by atoms with Crippen molar-refractivity contribution in [3.05, 3.63) is 28.8 Å². The first-order valence-corrected chi connectivity index (χ1v) is 5.94. The Bertz CT molecular complexity index is 495. The lowest BCUT2D eigenvalue weighted by molar-refractivity contribution is -0.337. The highest BCUT2D eigenvalue weighted by Gasteiger charge is 2.45. The molecule has 1 heterocycles. The van der Waals surface area contributed by atoms with Crippen molar-refractivity contribution < 1.29 is 28.1 Å². The molecule has 0 radical (unpaired) electrons. The molecule has 1 N–H and O–H groups in total. The Kier molecular flexibility index (Phi) is 3.26. The molecule has 1 atom stereocenters. The van der Waals surface area contributed by atoms with Crippen LogP contribution in [0.25, 0.3) is 0 Å². The Hall–Kier alpha value is -1.27. The van der Waals surface area contributed by atoms with Gasteiger partial charge in [-0.2, -0.15) is 18.1 Å². The third-order valence-electron chi connectivity index (χ3n) is 3.41. The van der Waals surface area contributed by atoms with Crippen molar-refractivity contribution in [1.82, 2.24) is 0 Å². The van der Waals surface area contributed by atoms with Crippen LogP contribution in [0.2, 0.25) is 0 Å². The summed E-state index contributed by atoms with van der Waals surface area (Å²) in [5.74, 6) is -0.345. The van der Waals surface area contributed by atoms with Gasteiger partial charge in [-0.05, 0) is 18.1 Å². The molecule has 1 aliphatic heterocycles. The highest BCUT2D eigenvalue weighted by atomic mass is 19.4. The molecule has 2 rings (SSSR count). The van der Waals surface area contributed by atoms with Crippen molar-refractivity contribution in [3.8, 4) is 5.75 Å². The van der Waals surface area contributed by atoms with Crippen molar-refractivity contribution in [2.75, 3.05) is 0 Å². The largest absolute Gasteiger partial charge is 0.420 e. The first kappa shape index (κ1) is 14.1. The summed E-state index contributed by atoms with van der Waals surface area (Å²) in [5, 5.41) is 9.77. The molecule has 0 aliphatic carbocycles. The van der Waals surface area contributed by atoms with Gasteiger partial charge in [0.2, 0.25) is 6.29 Å². The molecule has 106 valence electrons. The van der Waals surface area contributed by atoms with E-state index in [2.05, 4.69) is 4.89 Å². The lowest BCUT2D eigenvalue weighted by Crippen LogP contribution is -2.42. The second-order valence-electron chi connectivity index (χ2n) is 5.08. The van der Waals surface area contributed by atoms with Gasteiger partial charge in [-0.25, -0.2) is 0 Å². The van der Waals surface area contributed by atoms with Crippen molar-refractivity contribution in [3.63, 3.8) is 0 Å². The van der Waals surface area contributed by atoms with E-state index in [0.29, 0.717) is 17.5 Å². The van der Waals surface area contributed by atoms with Crippen LogP contribution < -0.4 is 4.89 Å². The molecule has 0 spiro atoms. The van der Waals surface area contributed by atoms with Gasteiger partial charge in [-0.15, -0.1) is 0 Å². The minimum atomic E-state index is -4.53. The fraction of sp³-hybridized carbons (Fsp3) is 0.538. The maximum absolute atomic E-state index is 13.0. The van der Waals surface area contributed by atoms with E-state index in [-0.39, 0.29) is 5.75 Å². The van der Waals surface area contributed by atoms with Gasteiger partial charge in [-0.1, -0.05) is 26.8 Å². The summed E-state index contributed by atoms with van der Waals surface area (Å²) >= 11 is 0. The van der Waals surface area contributed by atoms with Crippen molar-refractivity contribution in [2.24, 2.45) is 0 Å². The predicted molar refractivity (Wildman–Crippen MR) is 61.6 cm³/mol. The van der Waals surface area contributed by atoms with Gasteiger partial charge in [0.05, 0.1) is 0 Å². The minimum absolute atomic E-state index is 0.345. The second-order valence-corrected chi connectivity index (χ2v) is 5.08. The van der Waals surface area contributed by atoms with Crippen LogP contribution in [-0.2, 0) is 22.9 Å². The van der Waals surface area contributed by atoms with E-state index in [1.165, 1.54) is 6.07 Å². The van der Waals surface area contributed by atoms with Crippen LogP contribution in [0.4, 0.5) is 13.2 Å². The Labute approximate surface area is 108 Å². The lowest BCUT2D eigenvalue weighted by atomic mass is 9.78. The lowest BCUT2D eigenvalue weighted by Gasteiger charge is -2.37. The van der Waals surface area contributed by atoms with Crippen LogP contribution >= 0.6 is 0 Å². The Morgan fingerprint density at radius 2 is 1.95 bits per heavy atom. The smallest absolute Gasteiger partial charge is 0.364 e. The topological polar surface area (TPSA) is 38.7 Å². The van der Waals surface area contributed by atoms with Gasteiger partial charge >= 0.3 is 6.18 Å². The average Bonchev–Trinajstić information content (AvgIpc) is 2.31. The standard InChI is InChI=1S/C13H15F3O3/c1-4-7-5-6-8(13(14,15)16)10-9(7)12(2,3)11(17)19-18-10/h5-6,11,17H,4H2,1-3H3. The minimum Gasteiger partial charge on any atom is -0.364 e. The molecule has 0 bridgehead atoms. The van der Waals surface area contributed by atoms with Gasteiger partial charge in [0.15, 0.2) is 5.75 Å². The summed E-state index contributed by atoms with van der Waals surface area (Å²) < 4.78 is 38.9. The molecule has 0 saturated heterocycles. The molecule has 0 aromatic heterocycles. The maximum atomic E-state index is 13.0. The zero-order valence-electron chi connectivity index (χ0n) is 10.8. The van der Waals surface area contributed by atoms with Crippen LogP contribution in [0, 0.1) is 0 Å². The number of hydrogen-bond acceptors (Lipinski definition) is 3. The average molecular weight is 276 g/mol. The third-order valence-corrected chi connectivity index (χ3v) is 3.41. The molecule has 1 aliphatic rings. The molecule has 1 aromatic rings. The molecule has 1 aromatic carbocycles. The molecular formula is C13H15F3O3. The summed E-state index contributed by atoms with van der Waals surface area (Å²) in [6.07, 6.45) is -5.30. The van der Waals surface area contributed by atoms with Gasteiger partial charge < -0.3 is 9.99 Å². The van der Waals surface area contributed by atoms with Gasteiger partial charge in [0.1, 0.15) is 5.56 Å². The molecule has 0 fully saturated rings. The number of aryl methyl sites for hydroxylation is 1. The summed E-state index contributed by atoms with van der Waals surface area (Å²) in [6.45, 7) is 5.08. The second kappa shape index (κ2) is 4.38. The summed E-state index contributed by atoms with van der Waals surface area (Å²) in [4.78, 5) is 9.31. The van der Waals surface area contributed by atoms with Crippen LogP contribution in [0.1, 0.15) is 37.5 Å². The normalized spacial score (nSPS) is 21.7. The third kappa shape index (κ3) is 2.19. The number of aliphatic hydroxyl groups is 1. The predicted octanol–water partition coefficient (Wildman–Crippen LogP) is 3.19. The highest BCUT2D eigenvalue weighted by Crippen LogP contribution is 2.47. The van der Waals surface area contributed by atoms with Crippen LogP contribution in [0.15, 0.2) is 12.1 Å². The Balaban J connectivity index is 2.73. The Morgan fingerprint density at radius 3 is 2.47 bits per heavy atom. The van der Waals surface area contributed by atoms with Crippen LogP contribution in [0.5, 0.6) is 5.75 Å². The van der Waals surface area contributed by atoms with Crippen molar-refractivity contribution in [2.45, 2.75) is 45.1 Å². The van der Waals surface area contributed by atoms with Crippen LogP contribution in [-0.4, -0.2) is 11.4 Å². The zero-order valence-corrected chi connectivity index (χ0v) is 10.8. The fourth-order valence-corrected chi connectivity index (χ4v) is 2.27. The number of alkyl halides is 3. The number of benzene rings is 1. The summed E-state index contributed by atoms with van der Waals surface area (Å²) in [5.41, 5.74) is -0.807. The Morgan fingerprint density at radius 1 is 1.32 bits per heavy atom. The van der Waals surface area contributed by atoms with E-state index in [1.807, 2.05) is 6.92 Å². The number of halogens is 3.